The molecule has 3 aromatic rings. The Bertz CT molecular complexity index is 988. The smallest absolute Gasteiger partial charge is 0.234 e. The molecule has 0 atom stereocenters. The van der Waals surface area contributed by atoms with Crippen LogP contribution in [0.15, 0.2) is 47.6 Å². The highest BCUT2D eigenvalue weighted by Gasteiger charge is 2.16. The Labute approximate surface area is 189 Å². The molecule has 0 saturated heterocycles. The van der Waals surface area contributed by atoms with Crippen molar-refractivity contribution in [1.82, 2.24) is 14.8 Å². The Hall–Kier alpha value is -2.22. The Morgan fingerprint density at radius 1 is 1.13 bits per heavy atom. The van der Waals surface area contributed by atoms with E-state index in [9.17, 15) is 4.79 Å². The topological polar surface area (TPSA) is 69.0 Å². The van der Waals surface area contributed by atoms with Gasteiger partial charge in [-0.05, 0) is 42.8 Å². The SMILES string of the molecule is CCCCn1c(SCC(=O)Nc2c(Cl)cccc2Cl)nnc1-c1ccc(OC)cc1. The first-order valence-electron chi connectivity index (χ1n) is 9.47. The molecule has 0 saturated carbocycles. The average Bonchev–Trinajstić information content (AvgIpc) is 3.16. The predicted octanol–water partition coefficient (Wildman–Crippen LogP) is 5.79. The summed E-state index contributed by atoms with van der Waals surface area (Å²) in [7, 11) is 1.63. The highest BCUT2D eigenvalue weighted by Crippen LogP contribution is 2.30. The van der Waals surface area contributed by atoms with Gasteiger partial charge in [-0.25, -0.2) is 0 Å². The van der Waals surface area contributed by atoms with Gasteiger partial charge in [0.2, 0.25) is 5.91 Å². The zero-order chi connectivity index (χ0) is 21.5. The lowest BCUT2D eigenvalue weighted by molar-refractivity contribution is -0.113. The number of carbonyl (C=O) groups excluding carboxylic acids is 1. The van der Waals surface area contributed by atoms with Crippen molar-refractivity contribution in [3.63, 3.8) is 0 Å². The molecule has 30 heavy (non-hydrogen) atoms. The molecule has 0 aliphatic heterocycles. The number of halogens is 2. The zero-order valence-electron chi connectivity index (χ0n) is 16.7. The van der Waals surface area contributed by atoms with Gasteiger partial charge in [-0.2, -0.15) is 0 Å². The summed E-state index contributed by atoms with van der Waals surface area (Å²) in [5, 5.41) is 12.9. The van der Waals surface area contributed by atoms with Crippen molar-refractivity contribution < 1.29 is 9.53 Å². The van der Waals surface area contributed by atoms with Gasteiger partial charge >= 0.3 is 0 Å². The lowest BCUT2D eigenvalue weighted by Crippen LogP contribution is -2.15. The van der Waals surface area contributed by atoms with Gasteiger partial charge in [0.15, 0.2) is 11.0 Å². The van der Waals surface area contributed by atoms with Crippen LogP contribution >= 0.6 is 35.0 Å². The van der Waals surface area contributed by atoms with E-state index in [1.165, 1.54) is 11.8 Å². The minimum atomic E-state index is -0.217. The number of aromatic nitrogens is 3. The number of ether oxygens (including phenoxy) is 1. The summed E-state index contributed by atoms with van der Waals surface area (Å²) in [5.74, 6) is 1.49. The van der Waals surface area contributed by atoms with E-state index in [0.717, 1.165) is 36.5 Å². The summed E-state index contributed by atoms with van der Waals surface area (Å²) in [6.45, 7) is 2.90. The number of nitrogens with one attached hydrogen (secondary N) is 1. The molecule has 158 valence electrons. The second-order valence-electron chi connectivity index (χ2n) is 6.47. The van der Waals surface area contributed by atoms with Crippen molar-refractivity contribution >= 4 is 46.6 Å². The maximum absolute atomic E-state index is 12.4. The Morgan fingerprint density at radius 3 is 2.47 bits per heavy atom. The van der Waals surface area contributed by atoms with Crippen LogP contribution in [0.2, 0.25) is 10.0 Å². The third-order valence-corrected chi connectivity index (χ3v) is 5.96. The molecule has 1 heterocycles. The molecule has 0 radical (unpaired) electrons. The third kappa shape index (κ3) is 5.47. The molecule has 0 aliphatic carbocycles. The molecule has 0 fully saturated rings. The molecule has 0 bridgehead atoms. The summed E-state index contributed by atoms with van der Waals surface area (Å²) < 4.78 is 7.27. The van der Waals surface area contributed by atoms with E-state index in [4.69, 9.17) is 27.9 Å². The molecule has 1 amide bonds. The molecular formula is C21H22Cl2N4O2S. The van der Waals surface area contributed by atoms with E-state index in [2.05, 4.69) is 22.4 Å². The monoisotopic (exact) mass is 464 g/mol. The first-order valence-corrected chi connectivity index (χ1v) is 11.2. The van der Waals surface area contributed by atoms with Gasteiger partial charge < -0.3 is 14.6 Å². The van der Waals surface area contributed by atoms with Crippen LogP contribution < -0.4 is 10.1 Å². The summed E-state index contributed by atoms with van der Waals surface area (Å²) in [4.78, 5) is 12.4. The minimum Gasteiger partial charge on any atom is -0.497 e. The van der Waals surface area contributed by atoms with E-state index in [-0.39, 0.29) is 11.7 Å². The maximum atomic E-state index is 12.4. The van der Waals surface area contributed by atoms with Gasteiger partial charge in [0.05, 0.1) is 28.6 Å². The number of amides is 1. The highest BCUT2D eigenvalue weighted by atomic mass is 35.5. The molecule has 6 nitrogen and oxygen atoms in total. The van der Waals surface area contributed by atoms with Crippen LogP contribution in [0.4, 0.5) is 5.69 Å². The van der Waals surface area contributed by atoms with Crippen molar-refractivity contribution in [2.75, 3.05) is 18.2 Å². The summed E-state index contributed by atoms with van der Waals surface area (Å²) in [6, 6.07) is 12.8. The number of para-hydroxylation sites is 1. The largest absolute Gasteiger partial charge is 0.497 e. The number of benzene rings is 2. The van der Waals surface area contributed by atoms with Crippen molar-refractivity contribution in [3.05, 3.63) is 52.5 Å². The van der Waals surface area contributed by atoms with Crippen molar-refractivity contribution in [2.45, 2.75) is 31.5 Å². The van der Waals surface area contributed by atoms with E-state index in [0.29, 0.717) is 20.9 Å². The fourth-order valence-electron chi connectivity index (χ4n) is 2.79. The van der Waals surface area contributed by atoms with Crippen LogP contribution in [0.3, 0.4) is 0 Å². The average molecular weight is 465 g/mol. The van der Waals surface area contributed by atoms with E-state index in [1.54, 1.807) is 25.3 Å². The van der Waals surface area contributed by atoms with Crippen molar-refractivity contribution in [3.8, 4) is 17.1 Å². The summed E-state index contributed by atoms with van der Waals surface area (Å²) in [5.41, 5.74) is 1.36. The first-order chi connectivity index (χ1) is 14.5. The fraction of sp³-hybridized carbons (Fsp3) is 0.286. The van der Waals surface area contributed by atoms with Crippen LogP contribution in [0.5, 0.6) is 5.75 Å². The van der Waals surface area contributed by atoms with Crippen LogP contribution in [0.25, 0.3) is 11.4 Å². The molecule has 1 N–H and O–H groups in total. The van der Waals surface area contributed by atoms with Gasteiger partial charge in [0.25, 0.3) is 0 Å². The van der Waals surface area contributed by atoms with Gasteiger partial charge in [-0.1, -0.05) is 54.4 Å². The maximum Gasteiger partial charge on any atom is 0.234 e. The number of carbonyl (C=O) groups is 1. The number of thioether (sulfide) groups is 1. The number of methoxy groups -OCH3 is 1. The van der Waals surface area contributed by atoms with Crippen molar-refractivity contribution in [2.24, 2.45) is 0 Å². The van der Waals surface area contributed by atoms with Crippen LogP contribution in [0.1, 0.15) is 19.8 Å². The number of unbranched alkanes of at least 4 members (excludes halogenated alkanes) is 1. The Morgan fingerprint density at radius 2 is 1.83 bits per heavy atom. The first kappa shape index (κ1) is 22.5. The number of rotatable bonds is 9. The highest BCUT2D eigenvalue weighted by molar-refractivity contribution is 7.99. The van der Waals surface area contributed by atoms with Gasteiger partial charge in [0.1, 0.15) is 5.75 Å². The molecular weight excluding hydrogens is 443 g/mol. The lowest BCUT2D eigenvalue weighted by Gasteiger charge is -2.11. The second kappa shape index (κ2) is 10.7. The van der Waals surface area contributed by atoms with Gasteiger partial charge in [-0.15, -0.1) is 10.2 Å². The summed E-state index contributed by atoms with van der Waals surface area (Å²) in [6.07, 6.45) is 2.02. The number of hydrogen-bond donors (Lipinski definition) is 1. The van der Waals surface area contributed by atoms with Crippen LogP contribution in [-0.2, 0) is 11.3 Å². The van der Waals surface area contributed by atoms with E-state index in [1.807, 2.05) is 28.8 Å². The van der Waals surface area contributed by atoms with Gasteiger partial charge in [0, 0.05) is 12.1 Å². The Balaban J connectivity index is 1.74. The molecule has 1 aromatic heterocycles. The zero-order valence-corrected chi connectivity index (χ0v) is 19.0. The van der Waals surface area contributed by atoms with Crippen LogP contribution in [-0.4, -0.2) is 33.5 Å². The molecule has 0 aliphatic rings. The molecule has 0 unspecified atom stereocenters. The normalized spacial score (nSPS) is 10.8. The summed E-state index contributed by atoms with van der Waals surface area (Å²) >= 11 is 13.6. The molecule has 9 heteroatoms. The number of nitrogens with zero attached hydrogens (tertiary/aromatic N) is 3. The number of anilines is 1. The van der Waals surface area contributed by atoms with Crippen molar-refractivity contribution in [1.29, 1.82) is 0 Å². The predicted molar refractivity (Wildman–Crippen MR) is 123 cm³/mol. The lowest BCUT2D eigenvalue weighted by atomic mass is 10.2. The molecule has 2 aromatic carbocycles. The molecule has 0 spiro atoms. The third-order valence-electron chi connectivity index (χ3n) is 4.36. The van der Waals surface area contributed by atoms with E-state index < -0.39 is 0 Å². The minimum absolute atomic E-state index is 0.161. The Kier molecular flexibility index (Phi) is 8.01. The van der Waals surface area contributed by atoms with E-state index >= 15 is 0 Å². The fourth-order valence-corrected chi connectivity index (χ4v) is 4.05. The van der Waals surface area contributed by atoms with Crippen LogP contribution in [0, 0.1) is 0 Å². The quantitative estimate of drug-likeness (QED) is 0.405. The molecule has 3 rings (SSSR count). The number of hydrogen-bond acceptors (Lipinski definition) is 5. The standard InChI is InChI=1S/C21H22Cl2N4O2S/c1-3-4-12-27-20(14-8-10-15(29-2)11-9-14)25-26-21(27)30-13-18(28)24-19-16(22)6-5-7-17(19)23/h5-11H,3-4,12-13H2,1-2H3,(H,24,28). The second-order valence-corrected chi connectivity index (χ2v) is 8.23. The van der Waals surface area contributed by atoms with Gasteiger partial charge in [-0.3, -0.25) is 4.79 Å².